The Morgan fingerprint density at radius 3 is 2.44 bits per heavy atom. The van der Waals surface area contributed by atoms with Crippen LogP contribution in [0.15, 0.2) is 58.4 Å². The van der Waals surface area contributed by atoms with E-state index >= 15 is 0 Å². The Kier molecular flexibility index (Phi) is 7.28. The van der Waals surface area contributed by atoms with Crippen molar-refractivity contribution in [3.05, 3.63) is 68.6 Å². The van der Waals surface area contributed by atoms with Gasteiger partial charge in [-0.15, -0.1) is 11.8 Å². The van der Waals surface area contributed by atoms with E-state index in [0.29, 0.717) is 23.8 Å². The maximum Gasteiger partial charge on any atom is 0.305 e. The van der Waals surface area contributed by atoms with Crippen LogP contribution in [0.1, 0.15) is 49.0 Å². The zero-order valence-electron chi connectivity index (χ0n) is 25.0. The molecule has 1 aromatic heterocycles. The van der Waals surface area contributed by atoms with Gasteiger partial charge in [0.05, 0.1) is 29.2 Å². The first-order valence-electron chi connectivity index (χ1n) is 15.9. The molecule has 5 aliphatic rings. The highest BCUT2D eigenvalue weighted by atomic mass is 32.2. The summed E-state index contributed by atoms with van der Waals surface area (Å²) in [6.07, 6.45) is 4.02. The molecule has 3 aromatic rings. The van der Waals surface area contributed by atoms with Gasteiger partial charge in [0.25, 0.3) is 5.91 Å². The van der Waals surface area contributed by atoms with Crippen LogP contribution in [0, 0.1) is 29.6 Å². The second-order valence-electron chi connectivity index (χ2n) is 12.7. The van der Waals surface area contributed by atoms with Gasteiger partial charge in [0, 0.05) is 29.1 Å². The highest BCUT2D eigenvalue weighted by Crippen LogP contribution is 2.68. The van der Waals surface area contributed by atoms with Crippen molar-refractivity contribution in [1.29, 1.82) is 0 Å². The fourth-order valence-electron chi connectivity index (χ4n) is 8.70. The lowest BCUT2D eigenvalue weighted by molar-refractivity contribution is -0.134. The quantitative estimate of drug-likeness (QED) is 0.364. The number of carbonyl (C=O) groups is 3. The number of anilines is 1. The Morgan fingerprint density at radius 2 is 1.69 bits per heavy atom. The number of nitrogens with zero attached hydrogens (tertiary/aromatic N) is 2. The number of ether oxygens (including phenoxy) is 2. The second-order valence-corrected chi connectivity index (χ2v) is 14.9. The number of thiazole rings is 1. The predicted molar refractivity (Wildman–Crippen MR) is 171 cm³/mol. The summed E-state index contributed by atoms with van der Waals surface area (Å²) in [5, 5.41) is 0.961. The smallest absolute Gasteiger partial charge is 0.305 e. The molecule has 234 valence electrons. The molecule has 2 aliphatic carbocycles. The van der Waals surface area contributed by atoms with Gasteiger partial charge in [0.2, 0.25) is 11.8 Å². The maximum absolute atomic E-state index is 14.0. The van der Waals surface area contributed by atoms with Gasteiger partial charge in [-0.2, -0.15) is 0 Å². The number of fused-ring (bicyclic) bond motifs is 9. The molecule has 1 N–H and O–H groups in total. The summed E-state index contributed by atoms with van der Waals surface area (Å²) in [5.74, 6) is 0.169. The van der Waals surface area contributed by atoms with Gasteiger partial charge >= 0.3 is 4.87 Å². The first-order chi connectivity index (χ1) is 21.9. The lowest BCUT2D eigenvalue weighted by Crippen LogP contribution is -2.42. The van der Waals surface area contributed by atoms with E-state index in [1.807, 2.05) is 60.4 Å². The van der Waals surface area contributed by atoms with E-state index in [4.69, 9.17) is 9.47 Å². The number of H-pyrrole nitrogens is 1. The second kappa shape index (κ2) is 11.3. The molecule has 2 bridgehead atoms. The zero-order valence-corrected chi connectivity index (χ0v) is 26.6. The summed E-state index contributed by atoms with van der Waals surface area (Å²) in [7, 11) is 0. The predicted octanol–water partition coefficient (Wildman–Crippen LogP) is 4.90. The minimum Gasteiger partial charge on any atom is -0.490 e. The molecule has 2 saturated heterocycles. The minimum absolute atomic E-state index is 0.0200. The molecule has 2 saturated carbocycles. The van der Waals surface area contributed by atoms with Crippen molar-refractivity contribution in [2.75, 3.05) is 31.2 Å². The van der Waals surface area contributed by atoms with Gasteiger partial charge in [-0.1, -0.05) is 35.6 Å². The number of likely N-dealkylation sites (tertiary alicyclic amines) is 1. The number of rotatable bonds is 7. The first-order valence-corrected chi connectivity index (χ1v) is 17.6. The zero-order chi connectivity index (χ0) is 30.8. The molecule has 9 nitrogen and oxygen atoms in total. The molecule has 45 heavy (non-hydrogen) atoms. The average molecular weight is 646 g/mol. The third kappa shape index (κ3) is 4.64. The lowest BCUT2D eigenvalue weighted by atomic mass is 9.68. The summed E-state index contributed by atoms with van der Waals surface area (Å²) < 4.78 is 12.1. The Morgan fingerprint density at radius 1 is 0.933 bits per heavy atom. The maximum atomic E-state index is 14.0. The normalized spacial score (nSPS) is 29.8. The number of amides is 3. The molecule has 0 radical (unpaired) electrons. The third-order valence-electron chi connectivity index (χ3n) is 10.4. The van der Waals surface area contributed by atoms with Crippen molar-refractivity contribution in [2.24, 2.45) is 29.6 Å². The van der Waals surface area contributed by atoms with Gasteiger partial charge in [-0.05, 0) is 80.2 Å². The van der Waals surface area contributed by atoms with E-state index in [1.165, 1.54) is 16.2 Å². The SMILES string of the molecule is CCOc1cc([C@H]2c3sc(=O)[nH]c3SC3C2[C@H]2C[C@@H]3C3C(=O)N(c4ccccc4)C(=O)C32)ccc1OCC(=O)N1CCCCC1. The van der Waals surface area contributed by atoms with Crippen LogP contribution in [0.25, 0.3) is 0 Å². The average Bonchev–Trinajstić information content (AvgIpc) is 3.80. The van der Waals surface area contributed by atoms with Crippen LogP contribution in [0.5, 0.6) is 11.5 Å². The highest BCUT2D eigenvalue weighted by Gasteiger charge is 2.69. The summed E-state index contributed by atoms with van der Waals surface area (Å²) in [6.45, 7) is 3.83. The molecule has 2 aromatic carbocycles. The van der Waals surface area contributed by atoms with E-state index in [1.54, 1.807) is 11.8 Å². The number of hydrogen-bond donors (Lipinski definition) is 1. The molecule has 3 amide bonds. The molecule has 7 atom stereocenters. The number of aromatic nitrogens is 1. The molecule has 11 heteroatoms. The summed E-state index contributed by atoms with van der Waals surface area (Å²) in [6, 6.07) is 15.1. The molecule has 3 aliphatic heterocycles. The van der Waals surface area contributed by atoms with E-state index in [-0.39, 0.29) is 70.0 Å². The van der Waals surface area contributed by atoms with Gasteiger partial charge < -0.3 is 19.4 Å². The van der Waals surface area contributed by atoms with Crippen LogP contribution in [-0.4, -0.2) is 59.2 Å². The number of benzene rings is 2. The van der Waals surface area contributed by atoms with Crippen molar-refractivity contribution in [3.8, 4) is 11.5 Å². The van der Waals surface area contributed by atoms with Crippen LogP contribution in [-0.2, 0) is 14.4 Å². The Balaban J connectivity index is 1.13. The van der Waals surface area contributed by atoms with Crippen LogP contribution in [0.3, 0.4) is 0 Å². The number of imide groups is 1. The number of hydrogen-bond acceptors (Lipinski definition) is 8. The third-order valence-corrected chi connectivity index (χ3v) is 13.0. The number of nitrogens with one attached hydrogen (secondary N) is 1. The van der Waals surface area contributed by atoms with E-state index < -0.39 is 0 Å². The first kappa shape index (κ1) is 28.9. The van der Waals surface area contributed by atoms with Crippen molar-refractivity contribution in [1.82, 2.24) is 9.88 Å². The number of piperidine rings is 1. The van der Waals surface area contributed by atoms with E-state index in [2.05, 4.69) is 4.98 Å². The van der Waals surface area contributed by atoms with Gasteiger partial charge in [0.15, 0.2) is 18.1 Å². The topological polar surface area (TPSA) is 109 Å². The fraction of sp³-hybridized carbons (Fsp3) is 0.471. The van der Waals surface area contributed by atoms with Crippen LogP contribution >= 0.6 is 23.1 Å². The van der Waals surface area contributed by atoms with E-state index in [0.717, 1.165) is 54.2 Å². The van der Waals surface area contributed by atoms with Gasteiger partial charge in [0.1, 0.15) is 0 Å². The molecule has 0 spiro atoms. The fourth-order valence-corrected chi connectivity index (χ4v) is 11.6. The number of aromatic amines is 1. The van der Waals surface area contributed by atoms with Crippen LogP contribution in [0.4, 0.5) is 5.69 Å². The van der Waals surface area contributed by atoms with E-state index in [9.17, 15) is 19.2 Å². The number of para-hydroxylation sites is 1. The Labute approximate surface area is 269 Å². The Hall–Kier alpha value is -3.57. The monoisotopic (exact) mass is 645 g/mol. The molecule has 4 heterocycles. The van der Waals surface area contributed by atoms with Gasteiger partial charge in [-0.3, -0.25) is 24.1 Å². The number of carbonyl (C=O) groups excluding carboxylic acids is 3. The summed E-state index contributed by atoms with van der Waals surface area (Å²) in [4.78, 5) is 60.5. The molecular weight excluding hydrogens is 611 g/mol. The molecule has 4 fully saturated rings. The molecule has 8 rings (SSSR count). The van der Waals surface area contributed by atoms with Crippen molar-refractivity contribution in [3.63, 3.8) is 0 Å². The Bertz CT molecular complexity index is 1720. The van der Waals surface area contributed by atoms with Crippen LogP contribution in [0.2, 0.25) is 0 Å². The number of thioether (sulfide) groups is 1. The molecular formula is C34H35N3O6S2. The van der Waals surface area contributed by atoms with Gasteiger partial charge in [-0.25, -0.2) is 0 Å². The lowest BCUT2D eigenvalue weighted by Gasteiger charge is -2.43. The van der Waals surface area contributed by atoms with Crippen molar-refractivity contribution in [2.45, 2.75) is 48.8 Å². The van der Waals surface area contributed by atoms with Crippen LogP contribution < -0.4 is 19.2 Å². The van der Waals surface area contributed by atoms with Crippen molar-refractivity contribution >= 4 is 46.5 Å². The summed E-state index contributed by atoms with van der Waals surface area (Å²) in [5.41, 5.74) is 1.62. The van der Waals surface area contributed by atoms with Crippen molar-refractivity contribution < 1.29 is 23.9 Å². The largest absolute Gasteiger partial charge is 0.490 e. The summed E-state index contributed by atoms with van der Waals surface area (Å²) >= 11 is 2.91. The standard InChI is InChI=1S/C34H35N3O6S2/c1-2-42-23-15-18(11-12-22(23)43-17-24(38)36-13-7-4-8-14-36)25-26-20-16-21(29(26)44-31-30(25)45-34(41)35-31)28-27(20)32(39)37(33(28)40)19-9-5-3-6-10-19/h3,5-6,9-12,15,20-21,25-29H,2,4,7-8,13-14,16-17H2,1H3,(H,35,41)/t20-,21-,25-,26?,27?,28?,29?/m1/s1. The molecule has 4 unspecified atom stereocenters. The minimum atomic E-state index is -0.362. The highest BCUT2D eigenvalue weighted by molar-refractivity contribution is 8.00.